The SMILES string of the molecule is O=C1CCC(CCNCCOc2ccc(F)cc2)N1Cc1nc2ccccc2s1. The van der Waals surface area contributed by atoms with Gasteiger partial charge in [0.2, 0.25) is 5.91 Å². The summed E-state index contributed by atoms with van der Waals surface area (Å²) in [6, 6.07) is 14.4. The van der Waals surface area contributed by atoms with Crippen molar-refractivity contribution in [1.82, 2.24) is 15.2 Å². The molecule has 5 nitrogen and oxygen atoms in total. The summed E-state index contributed by atoms with van der Waals surface area (Å²) in [4.78, 5) is 19.0. The van der Waals surface area contributed by atoms with Crippen LogP contribution in [0.5, 0.6) is 5.75 Å². The lowest BCUT2D eigenvalue weighted by atomic mass is 10.1. The number of likely N-dealkylation sites (tertiary alicyclic amines) is 1. The Kier molecular flexibility index (Phi) is 6.36. The second-order valence-electron chi connectivity index (χ2n) is 7.13. The minimum Gasteiger partial charge on any atom is -0.492 e. The minimum absolute atomic E-state index is 0.217. The summed E-state index contributed by atoms with van der Waals surface area (Å²) in [7, 11) is 0. The Balaban J connectivity index is 1.21. The molecule has 0 saturated carbocycles. The van der Waals surface area contributed by atoms with Gasteiger partial charge in [-0.3, -0.25) is 4.79 Å². The number of ether oxygens (including phenoxy) is 1. The van der Waals surface area contributed by atoms with Gasteiger partial charge in [0, 0.05) is 19.0 Å². The Hall–Kier alpha value is -2.51. The van der Waals surface area contributed by atoms with Gasteiger partial charge in [-0.05, 0) is 55.8 Å². The lowest BCUT2D eigenvalue weighted by Gasteiger charge is -2.24. The predicted molar refractivity (Wildman–Crippen MR) is 113 cm³/mol. The van der Waals surface area contributed by atoms with E-state index in [1.165, 1.54) is 12.1 Å². The minimum atomic E-state index is -0.267. The summed E-state index contributed by atoms with van der Waals surface area (Å²) in [5, 5.41) is 4.36. The number of fused-ring (bicyclic) bond motifs is 1. The summed E-state index contributed by atoms with van der Waals surface area (Å²) in [6.45, 7) is 2.64. The van der Waals surface area contributed by atoms with Gasteiger partial charge in [0.05, 0.1) is 16.8 Å². The van der Waals surface area contributed by atoms with Crippen molar-refractivity contribution < 1.29 is 13.9 Å². The van der Waals surface area contributed by atoms with Crippen LogP contribution < -0.4 is 10.1 Å². The molecular weight excluding hydrogens is 389 g/mol. The van der Waals surface area contributed by atoms with E-state index in [1.54, 1.807) is 23.5 Å². The van der Waals surface area contributed by atoms with E-state index in [4.69, 9.17) is 4.74 Å². The molecule has 1 saturated heterocycles. The van der Waals surface area contributed by atoms with Crippen LogP contribution in [0.25, 0.3) is 10.2 Å². The van der Waals surface area contributed by atoms with E-state index in [9.17, 15) is 9.18 Å². The second-order valence-corrected chi connectivity index (χ2v) is 8.25. The zero-order valence-electron chi connectivity index (χ0n) is 16.1. The van der Waals surface area contributed by atoms with Crippen LogP contribution in [0.2, 0.25) is 0 Å². The molecule has 2 aromatic carbocycles. The topological polar surface area (TPSA) is 54.5 Å². The monoisotopic (exact) mass is 413 g/mol. The predicted octanol–water partition coefficient (Wildman–Crippen LogP) is 3.99. The smallest absolute Gasteiger partial charge is 0.223 e. The standard InChI is InChI=1S/C22H24FN3O2S/c23-16-5-8-18(9-6-16)28-14-13-24-12-11-17-7-10-22(27)26(17)15-21-25-19-3-1-2-4-20(19)29-21/h1-6,8-9,17,24H,7,10-15H2. The molecule has 2 heterocycles. The molecule has 1 fully saturated rings. The number of thiazole rings is 1. The molecule has 3 aromatic rings. The quantitative estimate of drug-likeness (QED) is 0.539. The van der Waals surface area contributed by atoms with Gasteiger partial charge in [-0.25, -0.2) is 9.37 Å². The molecule has 1 N–H and O–H groups in total. The first kappa shape index (κ1) is 19.8. The zero-order chi connectivity index (χ0) is 20.1. The van der Waals surface area contributed by atoms with Crippen molar-refractivity contribution in [3.8, 4) is 5.75 Å². The highest BCUT2D eigenvalue weighted by molar-refractivity contribution is 7.18. The summed E-state index contributed by atoms with van der Waals surface area (Å²) in [5.41, 5.74) is 0.999. The molecule has 152 valence electrons. The maximum absolute atomic E-state index is 12.9. The molecule has 0 radical (unpaired) electrons. The first-order valence-corrected chi connectivity index (χ1v) is 10.7. The fraction of sp³-hybridized carbons (Fsp3) is 0.364. The van der Waals surface area contributed by atoms with E-state index < -0.39 is 0 Å². The van der Waals surface area contributed by atoms with E-state index in [1.807, 2.05) is 23.1 Å². The van der Waals surface area contributed by atoms with Crippen molar-refractivity contribution in [3.63, 3.8) is 0 Å². The lowest BCUT2D eigenvalue weighted by molar-refractivity contribution is -0.129. The molecule has 0 bridgehead atoms. The number of amides is 1. The maximum Gasteiger partial charge on any atom is 0.223 e. The van der Waals surface area contributed by atoms with Crippen molar-refractivity contribution in [2.24, 2.45) is 0 Å². The van der Waals surface area contributed by atoms with Crippen LogP contribution in [-0.2, 0) is 11.3 Å². The van der Waals surface area contributed by atoms with Crippen molar-refractivity contribution in [2.45, 2.75) is 31.8 Å². The zero-order valence-corrected chi connectivity index (χ0v) is 17.0. The van der Waals surface area contributed by atoms with Gasteiger partial charge >= 0.3 is 0 Å². The molecule has 4 rings (SSSR count). The van der Waals surface area contributed by atoms with Crippen molar-refractivity contribution in [3.05, 3.63) is 59.4 Å². The van der Waals surface area contributed by atoms with Crippen molar-refractivity contribution in [1.29, 1.82) is 0 Å². The maximum atomic E-state index is 12.9. The van der Waals surface area contributed by atoms with Crippen LogP contribution >= 0.6 is 11.3 Å². The van der Waals surface area contributed by atoms with Gasteiger partial charge in [0.25, 0.3) is 0 Å². The van der Waals surface area contributed by atoms with E-state index in [2.05, 4.69) is 16.4 Å². The summed E-state index contributed by atoms with van der Waals surface area (Å²) in [6.07, 6.45) is 2.42. The first-order chi connectivity index (χ1) is 14.2. The number of para-hydroxylation sites is 1. The second kappa shape index (κ2) is 9.33. The molecular formula is C22H24FN3O2S. The first-order valence-electron chi connectivity index (χ1n) is 9.92. The number of carbonyl (C=O) groups is 1. The fourth-order valence-electron chi connectivity index (χ4n) is 3.61. The third-order valence-electron chi connectivity index (χ3n) is 5.11. The average Bonchev–Trinajstić information content (AvgIpc) is 3.29. The van der Waals surface area contributed by atoms with Gasteiger partial charge < -0.3 is 15.0 Å². The largest absolute Gasteiger partial charge is 0.492 e. The molecule has 29 heavy (non-hydrogen) atoms. The van der Waals surface area contributed by atoms with Crippen LogP contribution in [0.4, 0.5) is 4.39 Å². The Morgan fingerprint density at radius 1 is 1.17 bits per heavy atom. The van der Waals surface area contributed by atoms with Gasteiger partial charge in [-0.15, -0.1) is 11.3 Å². The van der Waals surface area contributed by atoms with Crippen LogP contribution in [-0.4, -0.2) is 41.5 Å². The molecule has 1 atom stereocenters. The molecule has 1 unspecified atom stereocenters. The number of rotatable bonds is 9. The molecule has 1 aromatic heterocycles. The summed E-state index contributed by atoms with van der Waals surface area (Å²) >= 11 is 1.66. The molecule has 1 amide bonds. The molecule has 1 aliphatic heterocycles. The van der Waals surface area contributed by atoms with Gasteiger partial charge in [-0.1, -0.05) is 12.1 Å². The third kappa shape index (κ3) is 5.10. The number of hydrogen-bond acceptors (Lipinski definition) is 5. The van der Waals surface area contributed by atoms with Crippen LogP contribution in [0.1, 0.15) is 24.3 Å². The Bertz CT molecular complexity index is 927. The normalized spacial score (nSPS) is 16.7. The summed E-state index contributed by atoms with van der Waals surface area (Å²) < 4.78 is 19.6. The van der Waals surface area contributed by atoms with Gasteiger partial charge in [0.15, 0.2) is 0 Å². The Morgan fingerprint density at radius 2 is 2.00 bits per heavy atom. The average molecular weight is 414 g/mol. The molecule has 1 aliphatic rings. The van der Waals surface area contributed by atoms with Crippen LogP contribution in [0.3, 0.4) is 0 Å². The number of halogens is 1. The fourth-order valence-corrected chi connectivity index (χ4v) is 4.58. The van der Waals surface area contributed by atoms with E-state index in [-0.39, 0.29) is 17.8 Å². The number of benzene rings is 2. The lowest BCUT2D eigenvalue weighted by Crippen LogP contribution is -2.35. The summed E-state index contributed by atoms with van der Waals surface area (Å²) in [5.74, 6) is 0.613. The Morgan fingerprint density at radius 3 is 2.83 bits per heavy atom. The highest BCUT2D eigenvalue weighted by Gasteiger charge is 2.31. The number of nitrogens with zero attached hydrogens (tertiary/aromatic N) is 2. The molecule has 7 heteroatoms. The van der Waals surface area contributed by atoms with Gasteiger partial charge in [-0.2, -0.15) is 0 Å². The van der Waals surface area contributed by atoms with Gasteiger partial charge in [0.1, 0.15) is 23.2 Å². The van der Waals surface area contributed by atoms with E-state index in [0.29, 0.717) is 31.9 Å². The number of carbonyl (C=O) groups excluding carboxylic acids is 1. The third-order valence-corrected chi connectivity index (χ3v) is 6.13. The number of nitrogens with one attached hydrogen (secondary N) is 1. The van der Waals surface area contributed by atoms with E-state index in [0.717, 1.165) is 34.6 Å². The van der Waals surface area contributed by atoms with Crippen molar-refractivity contribution >= 4 is 27.5 Å². The number of aromatic nitrogens is 1. The highest BCUT2D eigenvalue weighted by atomic mass is 32.1. The van der Waals surface area contributed by atoms with Crippen LogP contribution in [0.15, 0.2) is 48.5 Å². The van der Waals surface area contributed by atoms with Crippen LogP contribution in [0, 0.1) is 5.82 Å². The molecule has 0 aliphatic carbocycles. The highest BCUT2D eigenvalue weighted by Crippen LogP contribution is 2.27. The van der Waals surface area contributed by atoms with E-state index >= 15 is 0 Å². The number of hydrogen-bond donors (Lipinski definition) is 1. The molecule has 0 spiro atoms. The van der Waals surface area contributed by atoms with Crippen molar-refractivity contribution in [2.75, 3.05) is 19.7 Å². The Labute approximate surface area is 173 Å².